The van der Waals surface area contributed by atoms with Crippen LogP contribution in [0.2, 0.25) is 10.0 Å². The molecule has 3 N–H and O–H groups in total. The van der Waals surface area contributed by atoms with Crippen LogP contribution in [0.4, 0.5) is 11.4 Å². The molecule has 299 valence electrons. The smallest absolute Gasteiger partial charge is 0.255 e. The molecule has 4 heterocycles. The first-order valence-electron chi connectivity index (χ1n) is 18.2. The predicted octanol–water partition coefficient (Wildman–Crippen LogP) is 9.60. The zero-order chi connectivity index (χ0) is 37.1. The van der Waals surface area contributed by atoms with Gasteiger partial charge in [0.05, 0.1) is 0 Å². The van der Waals surface area contributed by atoms with Gasteiger partial charge in [0, 0.05) is 111 Å². The summed E-state index contributed by atoms with van der Waals surface area (Å²) in [5.41, 5.74) is 6.17. The fraction of sp³-hybridized carbons (Fsp3) is 0.395. The molecule has 2 amide bonds. The third-order valence-corrected chi connectivity index (χ3v) is 11.2. The molecule has 2 spiro atoms. The first-order chi connectivity index (χ1) is 25.7. The molecule has 4 aliphatic rings. The van der Waals surface area contributed by atoms with E-state index < -0.39 is 0 Å². The number of benzene rings is 4. The minimum Gasteiger partial charge on any atom is -0.381 e. The SMILES string of the molecule is C.C1CC2(CCO1)CNC2.Cl.O=C(Nc1ccc(CCl)cc1)c1ccc(Cl)cc1.O=C(Nc1ccc(CN2CC3(CCOCC3)C2)cc1)c1ccc(Cl)cc1.[B]. The van der Waals surface area contributed by atoms with Crippen molar-refractivity contribution in [2.75, 3.05) is 63.2 Å². The lowest BCUT2D eigenvalue weighted by molar-refractivity contribution is -0.0839. The first kappa shape index (κ1) is 47.3. The predicted molar refractivity (Wildman–Crippen MR) is 234 cm³/mol. The second kappa shape index (κ2) is 22.7. The van der Waals surface area contributed by atoms with Gasteiger partial charge in [0.25, 0.3) is 11.8 Å². The van der Waals surface area contributed by atoms with Crippen molar-refractivity contribution in [2.24, 2.45) is 10.8 Å². The molecule has 0 unspecified atom stereocenters. The van der Waals surface area contributed by atoms with E-state index >= 15 is 0 Å². The maximum absolute atomic E-state index is 12.2. The molecular weight excluding hydrogens is 789 g/mol. The number of nitrogens with zero attached hydrogens (tertiary/aromatic N) is 1. The number of hydrogen-bond acceptors (Lipinski definition) is 6. The van der Waals surface area contributed by atoms with Gasteiger partial charge in [0.15, 0.2) is 0 Å². The Morgan fingerprint density at radius 3 is 1.38 bits per heavy atom. The summed E-state index contributed by atoms with van der Waals surface area (Å²) >= 11 is 17.3. The maximum Gasteiger partial charge on any atom is 0.255 e. The van der Waals surface area contributed by atoms with Crippen molar-refractivity contribution in [3.63, 3.8) is 0 Å². The van der Waals surface area contributed by atoms with E-state index in [0.29, 0.717) is 37.9 Å². The van der Waals surface area contributed by atoms with Crippen molar-refractivity contribution in [1.29, 1.82) is 0 Å². The Morgan fingerprint density at radius 1 is 0.625 bits per heavy atom. The molecule has 4 aromatic carbocycles. The summed E-state index contributed by atoms with van der Waals surface area (Å²) in [6.07, 6.45) is 4.94. The molecule has 0 aliphatic carbocycles. The Kier molecular flexibility index (Phi) is 19.2. The number of ether oxygens (including phenoxy) is 2. The fourth-order valence-electron chi connectivity index (χ4n) is 7.01. The Hall–Kier alpha value is -3.12. The van der Waals surface area contributed by atoms with Gasteiger partial charge in [0.2, 0.25) is 0 Å². The number of nitrogens with one attached hydrogen (secondary N) is 3. The molecule has 0 atom stereocenters. The summed E-state index contributed by atoms with van der Waals surface area (Å²) in [4.78, 5) is 26.6. The van der Waals surface area contributed by atoms with Crippen LogP contribution in [0.1, 0.15) is 65.0 Å². The van der Waals surface area contributed by atoms with Crippen molar-refractivity contribution in [1.82, 2.24) is 10.2 Å². The highest BCUT2D eigenvalue weighted by molar-refractivity contribution is 6.31. The molecule has 4 fully saturated rings. The average molecular weight is 842 g/mol. The number of rotatable bonds is 7. The lowest BCUT2D eigenvalue weighted by atomic mass is 9.73. The number of amides is 2. The summed E-state index contributed by atoms with van der Waals surface area (Å²) in [6, 6.07) is 29.2. The third kappa shape index (κ3) is 13.5. The van der Waals surface area contributed by atoms with Crippen LogP contribution in [0.15, 0.2) is 97.1 Å². The van der Waals surface area contributed by atoms with Crippen molar-refractivity contribution in [3.05, 3.63) is 129 Å². The molecule has 0 bridgehead atoms. The van der Waals surface area contributed by atoms with Crippen LogP contribution in [0.25, 0.3) is 0 Å². The van der Waals surface area contributed by atoms with Gasteiger partial charge < -0.3 is 25.4 Å². The zero-order valence-electron chi connectivity index (χ0n) is 30.8. The topological polar surface area (TPSA) is 91.9 Å². The number of alkyl halides is 1. The van der Waals surface area contributed by atoms with Crippen molar-refractivity contribution >= 4 is 78.8 Å². The van der Waals surface area contributed by atoms with Crippen LogP contribution < -0.4 is 16.0 Å². The molecule has 0 aromatic heterocycles. The van der Waals surface area contributed by atoms with Crippen LogP contribution in [-0.4, -0.2) is 77.7 Å². The van der Waals surface area contributed by atoms with Gasteiger partial charge >= 0.3 is 0 Å². The molecule has 4 saturated heterocycles. The normalized spacial score (nSPS) is 17.3. The minimum absolute atomic E-state index is 0. The fourth-order valence-corrected chi connectivity index (χ4v) is 7.44. The average Bonchev–Trinajstić information content (AvgIpc) is 3.16. The lowest BCUT2D eigenvalue weighted by Crippen LogP contribution is -2.57. The van der Waals surface area contributed by atoms with Gasteiger partial charge in [-0.3, -0.25) is 14.5 Å². The van der Waals surface area contributed by atoms with E-state index in [4.69, 9.17) is 44.3 Å². The summed E-state index contributed by atoms with van der Waals surface area (Å²) in [7, 11) is 0. The molecular formula is C43H52BCl4N4O4. The van der Waals surface area contributed by atoms with Crippen molar-refractivity contribution in [3.8, 4) is 0 Å². The minimum atomic E-state index is -0.162. The van der Waals surface area contributed by atoms with E-state index in [1.54, 1.807) is 48.5 Å². The maximum atomic E-state index is 12.2. The lowest BCUT2D eigenvalue weighted by Gasteiger charge is -2.52. The van der Waals surface area contributed by atoms with Crippen LogP contribution in [-0.2, 0) is 21.9 Å². The van der Waals surface area contributed by atoms with E-state index in [1.807, 2.05) is 36.4 Å². The van der Waals surface area contributed by atoms with Gasteiger partial charge in [-0.2, -0.15) is 0 Å². The Balaban J connectivity index is 0.000000244. The summed E-state index contributed by atoms with van der Waals surface area (Å²) in [6.45, 7) is 9.58. The second-order valence-electron chi connectivity index (χ2n) is 14.4. The molecule has 56 heavy (non-hydrogen) atoms. The summed E-state index contributed by atoms with van der Waals surface area (Å²) in [5.74, 6) is 0.176. The molecule has 4 aromatic rings. The molecule has 8 nitrogen and oxygen atoms in total. The van der Waals surface area contributed by atoms with Crippen molar-refractivity contribution < 1.29 is 19.1 Å². The van der Waals surface area contributed by atoms with Gasteiger partial charge in [-0.1, -0.05) is 54.9 Å². The number of carbonyl (C=O) groups excluding carboxylic acids is 2. The largest absolute Gasteiger partial charge is 0.381 e. The number of anilines is 2. The van der Waals surface area contributed by atoms with Gasteiger partial charge in [0.1, 0.15) is 0 Å². The second-order valence-corrected chi connectivity index (χ2v) is 15.6. The quantitative estimate of drug-likeness (QED) is 0.127. The highest BCUT2D eigenvalue weighted by Gasteiger charge is 2.43. The monoisotopic (exact) mass is 839 g/mol. The van der Waals surface area contributed by atoms with E-state index in [1.165, 1.54) is 57.4 Å². The highest BCUT2D eigenvalue weighted by atomic mass is 35.5. The van der Waals surface area contributed by atoms with Crippen LogP contribution in [0, 0.1) is 10.8 Å². The van der Waals surface area contributed by atoms with E-state index in [2.05, 4.69) is 33.0 Å². The van der Waals surface area contributed by atoms with E-state index in [-0.39, 0.29) is 40.1 Å². The standard InChI is InChI=1S/C21H23ClN2O2.C14H11Cl2NO.C7H13NO.CH4.B.ClH/c22-18-5-3-17(4-6-18)20(25)23-19-7-1-16(2-8-19)13-24-14-21(15-24)9-11-26-12-10-21;15-9-10-1-7-13(8-2-10)17-14(18)11-3-5-12(16)6-4-11;1-3-9-4-2-7(1)5-8-6-7;;;/h1-8H,9-15H2,(H,23,25);1-8H,9H2,(H,17,18);8H,1-6H2;1H4;;1H. The first-order valence-corrected chi connectivity index (χ1v) is 19.5. The number of carbonyl (C=O) groups is 2. The van der Waals surface area contributed by atoms with E-state index in [0.717, 1.165) is 49.9 Å². The summed E-state index contributed by atoms with van der Waals surface area (Å²) < 4.78 is 10.8. The van der Waals surface area contributed by atoms with Crippen LogP contribution in [0.3, 0.4) is 0 Å². The Labute approximate surface area is 355 Å². The van der Waals surface area contributed by atoms with Gasteiger partial charge in [-0.25, -0.2) is 0 Å². The number of hydrogen-bond donors (Lipinski definition) is 3. The van der Waals surface area contributed by atoms with Gasteiger partial charge in [-0.15, -0.1) is 24.0 Å². The number of likely N-dealkylation sites (tertiary alicyclic amines) is 1. The van der Waals surface area contributed by atoms with E-state index in [9.17, 15) is 9.59 Å². The molecule has 0 saturated carbocycles. The summed E-state index contributed by atoms with van der Waals surface area (Å²) in [5, 5.41) is 10.3. The molecule has 4 aliphatic heterocycles. The van der Waals surface area contributed by atoms with Crippen LogP contribution >= 0.6 is 47.2 Å². The molecule has 13 heteroatoms. The highest BCUT2D eigenvalue weighted by Crippen LogP contribution is 2.40. The van der Waals surface area contributed by atoms with Crippen molar-refractivity contribution in [2.45, 2.75) is 45.5 Å². The van der Waals surface area contributed by atoms with Gasteiger partial charge in [-0.05, 0) is 115 Å². The molecule has 8 rings (SSSR count). The third-order valence-electron chi connectivity index (χ3n) is 10.4. The number of halogens is 4. The Morgan fingerprint density at radius 2 is 1.02 bits per heavy atom. The Bertz CT molecular complexity index is 1770. The molecule has 3 radical (unpaired) electrons. The van der Waals surface area contributed by atoms with Crippen LogP contribution in [0.5, 0.6) is 0 Å². The zero-order valence-corrected chi connectivity index (χ0v) is 33.9.